The van der Waals surface area contributed by atoms with Gasteiger partial charge in [-0.05, 0) is 51.6 Å². The summed E-state index contributed by atoms with van der Waals surface area (Å²) >= 11 is 0. The molecule has 1 aromatic rings. The van der Waals surface area contributed by atoms with Crippen molar-refractivity contribution in [2.24, 2.45) is 0 Å². The predicted octanol–water partition coefficient (Wildman–Crippen LogP) is 2.45. The second kappa shape index (κ2) is 6.40. The number of carbonyl (C=O) groups is 1. The molecule has 0 saturated carbocycles. The zero-order valence-corrected chi connectivity index (χ0v) is 11.5. The molecule has 1 aromatic carbocycles. The van der Waals surface area contributed by atoms with E-state index in [4.69, 9.17) is 5.11 Å². The molecule has 0 unspecified atom stereocenters. The van der Waals surface area contributed by atoms with Gasteiger partial charge in [-0.2, -0.15) is 0 Å². The number of likely N-dealkylation sites (N-methyl/N-ethyl adjacent to an activating group) is 1. The van der Waals surface area contributed by atoms with Crippen LogP contribution in [0.1, 0.15) is 29.8 Å². The third-order valence-corrected chi connectivity index (χ3v) is 3.13. The number of carboxylic acids is 1. The molecule has 0 aromatic heterocycles. The molecule has 4 heteroatoms. The fraction of sp³-hybridized carbons (Fsp3) is 0.500. The Morgan fingerprint density at radius 1 is 1.44 bits per heavy atom. The average molecular weight is 250 g/mol. The Labute approximate surface area is 109 Å². The quantitative estimate of drug-likeness (QED) is 0.814. The lowest BCUT2D eigenvalue weighted by molar-refractivity contribution is 0.0696. The topological polar surface area (TPSA) is 52.6 Å². The maximum absolute atomic E-state index is 10.9. The number of carboxylic acid groups (broad SMARTS) is 1. The largest absolute Gasteiger partial charge is 0.478 e. The van der Waals surface area contributed by atoms with Crippen molar-refractivity contribution in [3.8, 4) is 0 Å². The Morgan fingerprint density at radius 2 is 2.11 bits per heavy atom. The van der Waals surface area contributed by atoms with E-state index in [0.29, 0.717) is 11.6 Å². The van der Waals surface area contributed by atoms with Crippen LogP contribution >= 0.6 is 0 Å². The lowest BCUT2D eigenvalue weighted by atomic mass is 10.1. The molecule has 0 aliphatic heterocycles. The first-order valence-electron chi connectivity index (χ1n) is 6.20. The molecule has 0 aliphatic carbocycles. The fourth-order valence-corrected chi connectivity index (χ4v) is 1.65. The van der Waals surface area contributed by atoms with Crippen LogP contribution in [0.5, 0.6) is 0 Å². The van der Waals surface area contributed by atoms with Crippen molar-refractivity contribution < 1.29 is 9.90 Å². The van der Waals surface area contributed by atoms with Crippen molar-refractivity contribution in [3.05, 3.63) is 29.3 Å². The van der Waals surface area contributed by atoms with Crippen LogP contribution < -0.4 is 5.32 Å². The molecule has 1 rings (SSSR count). The first-order valence-corrected chi connectivity index (χ1v) is 6.20. The van der Waals surface area contributed by atoms with Crippen LogP contribution in [0.3, 0.4) is 0 Å². The maximum Gasteiger partial charge on any atom is 0.335 e. The third-order valence-electron chi connectivity index (χ3n) is 3.13. The molecule has 0 aliphatic rings. The number of nitrogens with one attached hydrogen (secondary N) is 1. The van der Waals surface area contributed by atoms with Gasteiger partial charge in [-0.3, -0.25) is 0 Å². The first kappa shape index (κ1) is 14.5. The first-order chi connectivity index (χ1) is 8.41. The lowest BCUT2D eigenvalue weighted by Crippen LogP contribution is -2.31. The summed E-state index contributed by atoms with van der Waals surface area (Å²) in [7, 11) is 2.09. The zero-order valence-electron chi connectivity index (χ0n) is 11.5. The summed E-state index contributed by atoms with van der Waals surface area (Å²) in [5.74, 6) is -0.876. The smallest absolute Gasteiger partial charge is 0.335 e. The number of benzene rings is 1. The van der Waals surface area contributed by atoms with Crippen LogP contribution in [0.4, 0.5) is 5.69 Å². The molecular weight excluding hydrogens is 228 g/mol. The molecule has 4 nitrogen and oxygen atoms in total. The fourth-order valence-electron chi connectivity index (χ4n) is 1.65. The van der Waals surface area contributed by atoms with Gasteiger partial charge in [0.25, 0.3) is 0 Å². The van der Waals surface area contributed by atoms with Crippen molar-refractivity contribution >= 4 is 11.7 Å². The molecule has 0 fully saturated rings. The molecule has 2 N–H and O–H groups in total. The highest BCUT2D eigenvalue weighted by Crippen LogP contribution is 2.15. The molecule has 18 heavy (non-hydrogen) atoms. The van der Waals surface area contributed by atoms with Crippen LogP contribution in [-0.4, -0.2) is 42.2 Å². The van der Waals surface area contributed by atoms with E-state index in [9.17, 15) is 4.79 Å². The van der Waals surface area contributed by atoms with E-state index in [0.717, 1.165) is 24.3 Å². The van der Waals surface area contributed by atoms with Crippen LogP contribution in [0, 0.1) is 6.92 Å². The number of hydrogen-bond donors (Lipinski definition) is 2. The maximum atomic E-state index is 10.9. The number of rotatable bonds is 6. The standard InChI is InChI=1S/C14H22N2O2/c1-10(2)16(4)8-7-15-12-5-6-13(14(17)18)11(3)9-12/h5-6,9-10,15H,7-8H2,1-4H3,(H,17,18). The Kier molecular flexibility index (Phi) is 5.16. The molecule has 0 spiro atoms. The van der Waals surface area contributed by atoms with Gasteiger partial charge in [0.05, 0.1) is 5.56 Å². The van der Waals surface area contributed by atoms with E-state index < -0.39 is 5.97 Å². The summed E-state index contributed by atoms with van der Waals surface area (Å²) in [6.45, 7) is 7.93. The average Bonchev–Trinajstić information content (AvgIpc) is 2.28. The van der Waals surface area contributed by atoms with Crippen molar-refractivity contribution in [2.75, 3.05) is 25.5 Å². The number of aromatic carboxylic acids is 1. The monoisotopic (exact) mass is 250 g/mol. The molecule has 0 bridgehead atoms. The van der Waals surface area contributed by atoms with Gasteiger partial charge in [0.2, 0.25) is 0 Å². The zero-order chi connectivity index (χ0) is 13.7. The highest BCUT2D eigenvalue weighted by Gasteiger charge is 2.07. The molecule has 0 heterocycles. The molecule has 0 atom stereocenters. The van der Waals surface area contributed by atoms with Gasteiger partial charge in [0, 0.05) is 24.8 Å². The Balaban J connectivity index is 2.54. The summed E-state index contributed by atoms with van der Waals surface area (Å²) < 4.78 is 0. The molecular formula is C14H22N2O2. The van der Waals surface area contributed by atoms with E-state index in [1.54, 1.807) is 6.07 Å². The summed E-state index contributed by atoms with van der Waals surface area (Å²) in [6, 6.07) is 5.86. The molecule has 100 valence electrons. The second-order valence-corrected chi connectivity index (χ2v) is 4.84. The van der Waals surface area contributed by atoms with Crippen molar-refractivity contribution in [3.63, 3.8) is 0 Å². The number of anilines is 1. The highest BCUT2D eigenvalue weighted by atomic mass is 16.4. The van der Waals surface area contributed by atoms with Crippen LogP contribution in [0.2, 0.25) is 0 Å². The van der Waals surface area contributed by atoms with Gasteiger partial charge in [-0.15, -0.1) is 0 Å². The van der Waals surface area contributed by atoms with Crippen LogP contribution in [-0.2, 0) is 0 Å². The Hall–Kier alpha value is -1.55. The minimum atomic E-state index is -0.876. The normalized spacial score (nSPS) is 11.0. The van der Waals surface area contributed by atoms with Gasteiger partial charge in [-0.25, -0.2) is 4.79 Å². The third kappa shape index (κ3) is 4.04. The van der Waals surface area contributed by atoms with Gasteiger partial charge in [0.15, 0.2) is 0 Å². The molecule has 0 saturated heterocycles. The number of nitrogens with zero attached hydrogens (tertiary/aromatic N) is 1. The van der Waals surface area contributed by atoms with E-state index in [2.05, 4.69) is 31.1 Å². The summed E-state index contributed by atoms with van der Waals surface area (Å²) in [4.78, 5) is 13.1. The van der Waals surface area contributed by atoms with Gasteiger partial charge in [-0.1, -0.05) is 0 Å². The van der Waals surface area contributed by atoms with Crippen LogP contribution in [0.15, 0.2) is 18.2 Å². The summed E-state index contributed by atoms with van der Waals surface area (Å²) in [5.41, 5.74) is 2.11. The minimum absolute atomic E-state index is 0.361. The Morgan fingerprint density at radius 3 is 2.61 bits per heavy atom. The lowest BCUT2D eigenvalue weighted by Gasteiger charge is -2.21. The van der Waals surface area contributed by atoms with Crippen molar-refractivity contribution in [1.82, 2.24) is 4.90 Å². The minimum Gasteiger partial charge on any atom is -0.478 e. The van der Waals surface area contributed by atoms with Crippen molar-refractivity contribution in [2.45, 2.75) is 26.8 Å². The molecule has 0 radical (unpaired) electrons. The van der Waals surface area contributed by atoms with E-state index >= 15 is 0 Å². The SMILES string of the molecule is Cc1cc(NCCN(C)C(C)C)ccc1C(=O)O. The van der Waals surface area contributed by atoms with E-state index in [1.807, 2.05) is 19.1 Å². The summed E-state index contributed by atoms with van der Waals surface area (Å²) in [6.07, 6.45) is 0. The second-order valence-electron chi connectivity index (χ2n) is 4.84. The summed E-state index contributed by atoms with van der Waals surface area (Å²) in [5, 5.41) is 12.2. The van der Waals surface area contributed by atoms with Gasteiger partial charge in [0.1, 0.15) is 0 Å². The molecule has 0 amide bonds. The predicted molar refractivity (Wildman–Crippen MR) is 74.4 cm³/mol. The van der Waals surface area contributed by atoms with E-state index in [1.165, 1.54) is 0 Å². The number of hydrogen-bond acceptors (Lipinski definition) is 3. The Bertz CT molecular complexity index is 416. The van der Waals surface area contributed by atoms with Gasteiger partial charge < -0.3 is 15.3 Å². The van der Waals surface area contributed by atoms with Crippen molar-refractivity contribution in [1.29, 1.82) is 0 Å². The van der Waals surface area contributed by atoms with Crippen LogP contribution in [0.25, 0.3) is 0 Å². The van der Waals surface area contributed by atoms with Gasteiger partial charge >= 0.3 is 5.97 Å². The van der Waals surface area contributed by atoms with E-state index in [-0.39, 0.29) is 0 Å². The highest BCUT2D eigenvalue weighted by molar-refractivity contribution is 5.89. The number of aryl methyl sites for hydroxylation is 1.